The Bertz CT molecular complexity index is 1160. The van der Waals surface area contributed by atoms with Gasteiger partial charge < -0.3 is 15.1 Å². The number of nitrogens with one attached hydrogen (secondary N) is 2. The Kier molecular flexibility index (Phi) is 4.98. The van der Waals surface area contributed by atoms with Gasteiger partial charge >= 0.3 is 6.03 Å². The minimum absolute atomic E-state index is 0.261. The lowest BCUT2D eigenvalue weighted by Crippen LogP contribution is -2.20. The Hall–Kier alpha value is -4.07. The molecule has 0 aliphatic carbocycles. The minimum atomic E-state index is -0.741. The number of benzene rings is 3. The van der Waals surface area contributed by atoms with E-state index in [1.54, 1.807) is 24.3 Å². The molecule has 4 aromatic rings. The molecule has 29 heavy (non-hydrogen) atoms. The van der Waals surface area contributed by atoms with Crippen LogP contribution in [0, 0.1) is 11.6 Å². The molecule has 1 aromatic heterocycles. The monoisotopic (exact) mass is 392 g/mol. The average molecular weight is 392 g/mol. The van der Waals surface area contributed by atoms with Crippen molar-refractivity contribution in [2.24, 2.45) is 0 Å². The van der Waals surface area contributed by atoms with Gasteiger partial charge in [0.25, 0.3) is 0 Å². The van der Waals surface area contributed by atoms with Crippen LogP contribution < -0.4 is 10.6 Å². The topological polar surface area (TPSA) is 80.1 Å². The molecule has 144 valence electrons. The fourth-order valence-electron chi connectivity index (χ4n) is 2.65. The summed E-state index contributed by atoms with van der Waals surface area (Å²) < 4.78 is 32.6. The molecule has 0 aliphatic rings. The Morgan fingerprint density at radius 2 is 1.52 bits per heavy atom. The quantitative estimate of drug-likeness (QED) is 0.492. The van der Waals surface area contributed by atoms with Crippen LogP contribution >= 0.6 is 0 Å². The van der Waals surface area contributed by atoms with Crippen LogP contribution in [0.15, 0.2) is 77.2 Å². The lowest BCUT2D eigenvalue weighted by Gasteiger charge is -2.09. The summed E-state index contributed by atoms with van der Waals surface area (Å²) in [6.45, 7) is 0. The number of rotatable bonds is 4. The highest BCUT2D eigenvalue weighted by atomic mass is 19.1. The number of anilines is 2. The molecule has 3 aromatic carbocycles. The van der Waals surface area contributed by atoms with Crippen molar-refractivity contribution in [2.75, 3.05) is 10.6 Å². The number of halogens is 2. The summed E-state index contributed by atoms with van der Waals surface area (Å²) in [5.41, 5.74) is 1.53. The smallest absolute Gasteiger partial charge is 0.323 e. The third kappa shape index (κ3) is 4.27. The van der Waals surface area contributed by atoms with E-state index in [9.17, 15) is 13.6 Å². The Labute approximate surface area is 164 Å². The molecular weight excluding hydrogens is 378 g/mol. The normalized spacial score (nSPS) is 10.6. The lowest BCUT2D eigenvalue weighted by atomic mass is 10.2. The highest BCUT2D eigenvalue weighted by Gasteiger charge is 2.12. The first kappa shape index (κ1) is 18.3. The zero-order valence-electron chi connectivity index (χ0n) is 14.9. The number of hydrogen-bond donors (Lipinski definition) is 2. The van der Waals surface area contributed by atoms with Crippen LogP contribution in [0.25, 0.3) is 22.9 Å². The van der Waals surface area contributed by atoms with Crippen molar-refractivity contribution in [3.05, 3.63) is 84.4 Å². The minimum Gasteiger partial charge on any atom is -0.416 e. The van der Waals surface area contributed by atoms with Gasteiger partial charge in [-0.2, -0.15) is 0 Å². The van der Waals surface area contributed by atoms with Crippen molar-refractivity contribution in [2.45, 2.75) is 0 Å². The van der Waals surface area contributed by atoms with E-state index >= 15 is 0 Å². The van der Waals surface area contributed by atoms with Gasteiger partial charge in [-0.05, 0) is 42.5 Å². The summed E-state index contributed by atoms with van der Waals surface area (Å²) in [5, 5.41) is 12.9. The Morgan fingerprint density at radius 1 is 0.793 bits per heavy atom. The molecule has 6 nitrogen and oxygen atoms in total. The summed E-state index contributed by atoms with van der Waals surface area (Å²) >= 11 is 0. The Morgan fingerprint density at radius 3 is 2.31 bits per heavy atom. The molecule has 0 fully saturated rings. The maximum atomic E-state index is 13.7. The Balaban J connectivity index is 1.50. The van der Waals surface area contributed by atoms with E-state index in [-0.39, 0.29) is 11.6 Å². The van der Waals surface area contributed by atoms with Gasteiger partial charge in [0.1, 0.15) is 11.6 Å². The van der Waals surface area contributed by atoms with Crippen LogP contribution in [0.1, 0.15) is 0 Å². The van der Waals surface area contributed by atoms with Gasteiger partial charge in [0.15, 0.2) is 0 Å². The molecule has 0 aliphatic heterocycles. The first-order chi connectivity index (χ1) is 14.1. The second-order valence-electron chi connectivity index (χ2n) is 6.06. The molecular formula is C21H14F2N4O2. The van der Waals surface area contributed by atoms with Gasteiger partial charge in [0.2, 0.25) is 11.8 Å². The van der Waals surface area contributed by atoms with Crippen LogP contribution in [0.2, 0.25) is 0 Å². The summed E-state index contributed by atoms with van der Waals surface area (Å²) in [7, 11) is 0. The van der Waals surface area contributed by atoms with E-state index in [0.29, 0.717) is 17.1 Å². The van der Waals surface area contributed by atoms with Gasteiger partial charge in [-0.1, -0.05) is 24.3 Å². The van der Waals surface area contributed by atoms with E-state index in [1.165, 1.54) is 0 Å². The van der Waals surface area contributed by atoms with Gasteiger partial charge in [-0.15, -0.1) is 10.2 Å². The van der Waals surface area contributed by atoms with Gasteiger partial charge in [0, 0.05) is 22.9 Å². The summed E-state index contributed by atoms with van der Waals surface area (Å²) in [6, 6.07) is 18.1. The molecule has 2 amide bonds. The number of urea groups is 1. The van der Waals surface area contributed by atoms with Gasteiger partial charge in [0.05, 0.1) is 5.69 Å². The predicted octanol–water partition coefficient (Wildman–Crippen LogP) is 5.33. The fourth-order valence-corrected chi connectivity index (χ4v) is 2.65. The number of carbonyl (C=O) groups is 1. The molecule has 0 radical (unpaired) electrons. The highest BCUT2D eigenvalue weighted by Crippen LogP contribution is 2.25. The van der Waals surface area contributed by atoms with E-state index in [0.717, 1.165) is 23.8 Å². The van der Waals surface area contributed by atoms with E-state index in [1.807, 2.05) is 30.3 Å². The van der Waals surface area contributed by atoms with Crippen molar-refractivity contribution in [1.82, 2.24) is 10.2 Å². The van der Waals surface area contributed by atoms with Crippen LogP contribution in [0.5, 0.6) is 0 Å². The van der Waals surface area contributed by atoms with Crippen molar-refractivity contribution < 1.29 is 18.0 Å². The molecule has 0 saturated heterocycles. The number of hydrogen-bond acceptors (Lipinski definition) is 4. The van der Waals surface area contributed by atoms with Gasteiger partial charge in [-0.3, -0.25) is 0 Å². The molecule has 8 heteroatoms. The molecule has 0 unspecified atom stereocenters. The molecule has 0 atom stereocenters. The van der Waals surface area contributed by atoms with Gasteiger partial charge in [-0.25, -0.2) is 13.6 Å². The zero-order chi connectivity index (χ0) is 20.2. The van der Waals surface area contributed by atoms with Crippen molar-refractivity contribution in [3.63, 3.8) is 0 Å². The predicted molar refractivity (Wildman–Crippen MR) is 104 cm³/mol. The SMILES string of the molecule is O=C(Nc1cccc(-c2nnc(-c3ccccc3)o2)c1)Nc1cc(F)ccc1F. The molecule has 0 spiro atoms. The average Bonchev–Trinajstić information content (AvgIpc) is 3.22. The lowest BCUT2D eigenvalue weighted by molar-refractivity contribution is 0.262. The number of aromatic nitrogens is 2. The standard InChI is InChI=1S/C21H14F2N4O2/c22-15-9-10-17(23)18(12-15)25-21(28)24-16-8-4-7-14(11-16)20-27-26-19(29-20)13-5-2-1-3-6-13/h1-12H,(H2,24,25,28). The molecule has 4 rings (SSSR count). The maximum Gasteiger partial charge on any atom is 0.323 e. The molecule has 0 saturated carbocycles. The highest BCUT2D eigenvalue weighted by molar-refractivity contribution is 6.00. The third-order valence-corrected chi connectivity index (χ3v) is 3.99. The van der Waals surface area contributed by atoms with Crippen LogP contribution in [-0.2, 0) is 0 Å². The zero-order valence-corrected chi connectivity index (χ0v) is 14.9. The first-order valence-electron chi connectivity index (χ1n) is 8.61. The van der Waals surface area contributed by atoms with E-state index in [2.05, 4.69) is 20.8 Å². The summed E-state index contributed by atoms with van der Waals surface area (Å²) in [5.74, 6) is -0.744. The van der Waals surface area contributed by atoms with Crippen molar-refractivity contribution >= 4 is 17.4 Å². The first-order valence-corrected chi connectivity index (χ1v) is 8.61. The second-order valence-corrected chi connectivity index (χ2v) is 6.06. The van der Waals surface area contributed by atoms with Crippen molar-refractivity contribution in [3.8, 4) is 22.9 Å². The maximum absolute atomic E-state index is 13.7. The van der Waals surface area contributed by atoms with Crippen LogP contribution in [0.4, 0.5) is 25.0 Å². The summed E-state index contributed by atoms with van der Waals surface area (Å²) in [6.07, 6.45) is 0. The fraction of sp³-hybridized carbons (Fsp3) is 0. The second kappa shape index (κ2) is 7.89. The largest absolute Gasteiger partial charge is 0.416 e. The number of nitrogens with zero attached hydrogens (tertiary/aromatic N) is 2. The number of amides is 2. The molecule has 2 N–H and O–H groups in total. The summed E-state index contributed by atoms with van der Waals surface area (Å²) in [4.78, 5) is 12.1. The van der Waals surface area contributed by atoms with E-state index in [4.69, 9.17) is 4.42 Å². The molecule has 1 heterocycles. The van der Waals surface area contributed by atoms with Crippen LogP contribution in [0.3, 0.4) is 0 Å². The third-order valence-electron chi connectivity index (χ3n) is 3.99. The van der Waals surface area contributed by atoms with Crippen LogP contribution in [-0.4, -0.2) is 16.2 Å². The van der Waals surface area contributed by atoms with E-state index < -0.39 is 17.7 Å². The number of carbonyl (C=O) groups excluding carboxylic acids is 1. The molecule has 0 bridgehead atoms. The van der Waals surface area contributed by atoms with Crippen molar-refractivity contribution in [1.29, 1.82) is 0 Å².